The summed E-state index contributed by atoms with van der Waals surface area (Å²) < 4.78 is 0.974. The van der Waals surface area contributed by atoms with Gasteiger partial charge in [-0.15, -0.1) is 0 Å². The lowest BCUT2D eigenvalue weighted by Crippen LogP contribution is -2.10. The fourth-order valence-corrected chi connectivity index (χ4v) is 4.13. The van der Waals surface area contributed by atoms with Crippen molar-refractivity contribution in [1.82, 2.24) is 4.98 Å². The van der Waals surface area contributed by atoms with E-state index in [1.54, 1.807) is 12.1 Å². The maximum absolute atomic E-state index is 12.0. The molecule has 3 aromatic rings. The van der Waals surface area contributed by atoms with Crippen molar-refractivity contribution in [2.45, 2.75) is 32.6 Å². The molecule has 0 aliphatic carbocycles. The Kier molecular flexibility index (Phi) is 7.33. The van der Waals surface area contributed by atoms with Gasteiger partial charge in [-0.05, 0) is 66.8 Å². The zero-order chi connectivity index (χ0) is 21.0. The van der Waals surface area contributed by atoms with E-state index < -0.39 is 5.97 Å². The molecule has 0 saturated carbocycles. The summed E-state index contributed by atoms with van der Waals surface area (Å²) in [6, 6.07) is 15.0. The SMILES string of the molecule is CCCc1nc(CCc2cc(Cl)cc(Cl)c2)c(C(=O)O)cc1-c1ccc(Br)cc1. The minimum absolute atomic E-state index is 0.232. The van der Waals surface area contributed by atoms with E-state index in [0.29, 0.717) is 28.6 Å². The van der Waals surface area contributed by atoms with Crippen molar-refractivity contribution in [2.24, 2.45) is 0 Å². The van der Waals surface area contributed by atoms with Crippen LogP contribution in [0.4, 0.5) is 0 Å². The van der Waals surface area contributed by atoms with Crippen LogP contribution in [0.25, 0.3) is 11.1 Å². The summed E-state index contributed by atoms with van der Waals surface area (Å²) in [4.78, 5) is 16.7. The fraction of sp³-hybridized carbons (Fsp3) is 0.217. The zero-order valence-electron chi connectivity index (χ0n) is 15.9. The molecule has 29 heavy (non-hydrogen) atoms. The number of nitrogens with zero attached hydrogens (tertiary/aromatic N) is 1. The first-order valence-electron chi connectivity index (χ1n) is 9.34. The van der Waals surface area contributed by atoms with Gasteiger partial charge in [-0.3, -0.25) is 4.98 Å². The highest BCUT2D eigenvalue weighted by atomic mass is 79.9. The molecule has 0 bridgehead atoms. The molecule has 0 atom stereocenters. The van der Waals surface area contributed by atoms with Gasteiger partial charge in [0.1, 0.15) is 0 Å². The van der Waals surface area contributed by atoms with Crippen molar-refractivity contribution in [3.05, 3.63) is 85.6 Å². The molecule has 0 unspecified atom stereocenters. The van der Waals surface area contributed by atoms with Crippen LogP contribution in [0.3, 0.4) is 0 Å². The average Bonchev–Trinajstić information content (AvgIpc) is 2.66. The Bertz CT molecular complexity index is 1020. The lowest BCUT2D eigenvalue weighted by molar-refractivity contribution is 0.0695. The second-order valence-electron chi connectivity index (χ2n) is 6.82. The number of halogens is 3. The molecule has 0 radical (unpaired) electrons. The summed E-state index contributed by atoms with van der Waals surface area (Å²) in [6.07, 6.45) is 2.81. The Morgan fingerprint density at radius 3 is 2.21 bits per heavy atom. The van der Waals surface area contributed by atoms with Crippen LogP contribution in [0.5, 0.6) is 0 Å². The maximum atomic E-state index is 12.0. The van der Waals surface area contributed by atoms with Crippen LogP contribution in [0, 0.1) is 0 Å². The Morgan fingerprint density at radius 2 is 1.62 bits per heavy atom. The summed E-state index contributed by atoms with van der Waals surface area (Å²) in [5.74, 6) is -0.974. The summed E-state index contributed by atoms with van der Waals surface area (Å²) in [5, 5.41) is 10.9. The molecule has 1 N–H and O–H groups in total. The van der Waals surface area contributed by atoms with Gasteiger partial charge in [-0.25, -0.2) is 4.79 Å². The third kappa shape index (κ3) is 5.59. The van der Waals surface area contributed by atoms with Crippen LogP contribution in [0.1, 0.15) is 40.7 Å². The molecule has 2 aromatic carbocycles. The van der Waals surface area contributed by atoms with Gasteiger partial charge in [0, 0.05) is 25.8 Å². The van der Waals surface area contributed by atoms with Crippen LogP contribution in [0.15, 0.2) is 53.0 Å². The van der Waals surface area contributed by atoms with Crippen LogP contribution >= 0.6 is 39.1 Å². The molecule has 6 heteroatoms. The third-order valence-electron chi connectivity index (χ3n) is 4.63. The van der Waals surface area contributed by atoms with Crippen LogP contribution in [-0.2, 0) is 19.3 Å². The summed E-state index contributed by atoms with van der Waals surface area (Å²) in [5.41, 5.74) is 4.51. The van der Waals surface area contributed by atoms with Crippen molar-refractivity contribution < 1.29 is 9.90 Å². The maximum Gasteiger partial charge on any atom is 0.337 e. The summed E-state index contributed by atoms with van der Waals surface area (Å²) in [7, 11) is 0. The van der Waals surface area contributed by atoms with Crippen molar-refractivity contribution in [1.29, 1.82) is 0 Å². The Balaban J connectivity index is 2.00. The van der Waals surface area contributed by atoms with Gasteiger partial charge in [-0.2, -0.15) is 0 Å². The molecule has 3 rings (SSSR count). The molecule has 3 nitrogen and oxygen atoms in total. The van der Waals surface area contributed by atoms with Crippen LogP contribution in [-0.4, -0.2) is 16.1 Å². The Morgan fingerprint density at radius 1 is 0.966 bits per heavy atom. The number of aromatic carboxylic acids is 1. The predicted octanol–water partition coefficient (Wildman–Crippen LogP) is 7.25. The third-order valence-corrected chi connectivity index (χ3v) is 5.59. The van der Waals surface area contributed by atoms with E-state index in [4.69, 9.17) is 28.2 Å². The summed E-state index contributed by atoms with van der Waals surface area (Å²) >= 11 is 15.6. The molecule has 1 aromatic heterocycles. The van der Waals surface area contributed by atoms with Crippen LogP contribution in [0.2, 0.25) is 10.0 Å². The minimum Gasteiger partial charge on any atom is -0.478 e. The van der Waals surface area contributed by atoms with Gasteiger partial charge in [0.15, 0.2) is 0 Å². The quantitative estimate of drug-likeness (QED) is 0.377. The smallest absolute Gasteiger partial charge is 0.337 e. The topological polar surface area (TPSA) is 50.2 Å². The predicted molar refractivity (Wildman–Crippen MR) is 122 cm³/mol. The molecule has 0 spiro atoms. The Labute approximate surface area is 188 Å². The summed E-state index contributed by atoms with van der Waals surface area (Å²) in [6.45, 7) is 2.09. The number of pyridine rings is 1. The van der Waals surface area contributed by atoms with E-state index in [0.717, 1.165) is 39.7 Å². The first-order valence-corrected chi connectivity index (χ1v) is 10.9. The van der Waals surface area contributed by atoms with E-state index in [9.17, 15) is 9.90 Å². The van der Waals surface area contributed by atoms with E-state index in [1.807, 2.05) is 36.4 Å². The first kappa shape index (κ1) is 21.8. The molecule has 0 aliphatic rings. The molecule has 0 amide bonds. The molecular weight excluding hydrogens is 473 g/mol. The molecule has 0 aliphatic heterocycles. The number of benzene rings is 2. The number of aryl methyl sites for hydroxylation is 3. The number of aromatic nitrogens is 1. The van der Waals surface area contributed by atoms with Gasteiger partial charge in [0.05, 0.1) is 11.3 Å². The van der Waals surface area contributed by atoms with Crippen molar-refractivity contribution in [3.63, 3.8) is 0 Å². The van der Waals surface area contributed by atoms with E-state index in [2.05, 4.69) is 22.9 Å². The van der Waals surface area contributed by atoms with Gasteiger partial charge in [0.2, 0.25) is 0 Å². The Hall–Kier alpha value is -1.88. The second-order valence-corrected chi connectivity index (χ2v) is 8.61. The average molecular weight is 493 g/mol. The number of carboxylic acids is 1. The lowest BCUT2D eigenvalue weighted by atomic mass is 9.96. The number of rotatable bonds is 7. The molecule has 150 valence electrons. The van der Waals surface area contributed by atoms with Crippen molar-refractivity contribution in [2.75, 3.05) is 0 Å². The molecule has 0 saturated heterocycles. The number of carboxylic acid groups (broad SMARTS) is 1. The van der Waals surface area contributed by atoms with Gasteiger partial charge in [-0.1, -0.05) is 64.6 Å². The van der Waals surface area contributed by atoms with Gasteiger partial charge >= 0.3 is 5.97 Å². The van der Waals surface area contributed by atoms with Crippen molar-refractivity contribution in [3.8, 4) is 11.1 Å². The van der Waals surface area contributed by atoms with Crippen LogP contribution < -0.4 is 0 Å². The molecular formula is C23H20BrCl2NO2. The fourth-order valence-electron chi connectivity index (χ4n) is 3.29. The first-order chi connectivity index (χ1) is 13.9. The number of carbonyl (C=O) groups is 1. The normalized spacial score (nSPS) is 10.9. The van der Waals surface area contributed by atoms with E-state index in [1.165, 1.54) is 0 Å². The molecule has 1 heterocycles. The monoisotopic (exact) mass is 491 g/mol. The number of hydrogen-bond donors (Lipinski definition) is 1. The minimum atomic E-state index is -0.974. The van der Waals surface area contributed by atoms with Crippen molar-refractivity contribution >= 4 is 45.1 Å². The standard InChI is InChI=1S/C23H20BrCl2NO2/c1-2-3-21-19(15-5-7-16(24)8-6-15)13-20(23(28)29)22(27-21)9-4-14-10-17(25)12-18(26)11-14/h5-8,10-13H,2-4,9H2,1H3,(H,28,29). The highest BCUT2D eigenvalue weighted by Crippen LogP contribution is 2.29. The van der Waals surface area contributed by atoms with E-state index in [-0.39, 0.29) is 5.56 Å². The highest BCUT2D eigenvalue weighted by Gasteiger charge is 2.17. The highest BCUT2D eigenvalue weighted by molar-refractivity contribution is 9.10. The van der Waals surface area contributed by atoms with Gasteiger partial charge < -0.3 is 5.11 Å². The largest absolute Gasteiger partial charge is 0.478 e. The second kappa shape index (κ2) is 9.75. The lowest BCUT2D eigenvalue weighted by Gasteiger charge is -2.14. The number of hydrogen-bond acceptors (Lipinski definition) is 2. The van der Waals surface area contributed by atoms with E-state index >= 15 is 0 Å². The van der Waals surface area contributed by atoms with Gasteiger partial charge in [0.25, 0.3) is 0 Å². The zero-order valence-corrected chi connectivity index (χ0v) is 19.0. The molecule has 0 fully saturated rings.